The molecule has 6 heteroatoms. The molecule has 1 nitrogen and oxygen atoms in total. The van der Waals surface area contributed by atoms with Crippen LogP contribution < -0.4 is 5.32 Å². The van der Waals surface area contributed by atoms with E-state index in [9.17, 15) is 0 Å². The van der Waals surface area contributed by atoms with E-state index in [0.29, 0.717) is 5.02 Å². The van der Waals surface area contributed by atoms with Crippen molar-refractivity contribution in [1.82, 2.24) is 5.32 Å². The lowest BCUT2D eigenvalue weighted by molar-refractivity contribution is 0.606. The average Bonchev–Trinajstić information content (AvgIpc) is 2.74. The molecule has 0 fully saturated rings. The van der Waals surface area contributed by atoms with Crippen LogP contribution in [0.15, 0.2) is 32.5 Å². The summed E-state index contributed by atoms with van der Waals surface area (Å²) in [5, 5.41) is 4.96. The Labute approximate surface area is 149 Å². The molecular weight excluding hydrogens is 445 g/mol. The smallest absolute Gasteiger partial charge is 0.0843 e. The second kappa shape index (κ2) is 7.61. The minimum absolute atomic E-state index is 0.0498. The van der Waals surface area contributed by atoms with E-state index in [1.54, 1.807) is 11.3 Å². The number of hydrogen-bond donors (Lipinski definition) is 1. The SMILES string of the molecule is CCCNC(c1cc(Br)c(Br)s1)c1cc(Cl)ccc1Cl. The van der Waals surface area contributed by atoms with Crippen molar-refractivity contribution in [2.24, 2.45) is 0 Å². The molecule has 0 aliphatic heterocycles. The molecule has 0 saturated heterocycles. The van der Waals surface area contributed by atoms with Crippen LogP contribution >= 0.6 is 66.4 Å². The normalized spacial score (nSPS) is 12.7. The molecule has 0 spiro atoms. The molecular formula is C14H13Br2Cl2NS. The molecule has 108 valence electrons. The van der Waals surface area contributed by atoms with Crippen molar-refractivity contribution in [3.8, 4) is 0 Å². The van der Waals surface area contributed by atoms with Crippen LogP contribution in [0.2, 0.25) is 10.0 Å². The Balaban J connectivity index is 2.43. The largest absolute Gasteiger partial charge is 0.306 e. The van der Waals surface area contributed by atoms with Gasteiger partial charge in [-0.3, -0.25) is 0 Å². The summed E-state index contributed by atoms with van der Waals surface area (Å²) in [4.78, 5) is 1.20. The van der Waals surface area contributed by atoms with Gasteiger partial charge in [0.15, 0.2) is 0 Å². The second-order valence-electron chi connectivity index (χ2n) is 4.32. The van der Waals surface area contributed by atoms with E-state index in [1.807, 2.05) is 18.2 Å². The predicted molar refractivity (Wildman–Crippen MR) is 96.3 cm³/mol. The Morgan fingerprint density at radius 2 is 2.00 bits per heavy atom. The van der Waals surface area contributed by atoms with Crippen LogP contribution in [0.3, 0.4) is 0 Å². The maximum atomic E-state index is 6.35. The minimum atomic E-state index is 0.0498. The van der Waals surface area contributed by atoms with Gasteiger partial charge >= 0.3 is 0 Å². The third-order valence-electron chi connectivity index (χ3n) is 2.82. The van der Waals surface area contributed by atoms with Gasteiger partial charge in [0, 0.05) is 19.4 Å². The molecule has 0 amide bonds. The van der Waals surface area contributed by atoms with Gasteiger partial charge in [-0.25, -0.2) is 0 Å². The van der Waals surface area contributed by atoms with E-state index < -0.39 is 0 Å². The first-order valence-electron chi connectivity index (χ1n) is 6.16. The van der Waals surface area contributed by atoms with Gasteiger partial charge < -0.3 is 5.32 Å². The summed E-state index contributed by atoms with van der Waals surface area (Å²) in [6.07, 6.45) is 1.06. The van der Waals surface area contributed by atoms with E-state index in [2.05, 4.69) is 50.2 Å². The van der Waals surface area contributed by atoms with Gasteiger partial charge in [0.25, 0.3) is 0 Å². The number of hydrogen-bond acceptors (Lipinski definition) is 2. The van der Waals surface area contributed by atoms with E-state index in [1.165, 1.54) is 4.88 Å². The van der Waals surface area contributed by atoms with Crippen LogP contribution in [0.1, 0.15) is 29.8 Å². The molecule has 1 N–H and O–H groups in total. The fourth-order valence-corrected chi connectivity index (χ4v) is 4.49. The van der Waals surface area contributed by atoms with Gasteiger partial charge in [-0.05, 0) is 74.7 Å². The topological polar surface area (TPSA) is 12.0 Å². The predicted octanol–water partition coefficient (Wildman–Crippen LogP) is 6.67. The molecule has 1 aromatic heterocycles. The lowest BCUT2D eigenvalue weighted by atomic mass is 10.1. The molecule has 0 saturated carbocycles. The number of nitrogens with one attached hydrogen (secondary N) is 1. The number of thiophene rings is 1. The highest BCUT2D eigenvalue weighted by Crippen LogP contribution is 2.39. The van der Waals surface area contributed by atoms with Gasteiger partial charge in [-0.15, -0.1) is 11.3 Å². The van der Waals surface area contributed by atoms with E-state index in [4.69, 9.17) is 23.2 Å². The average molecular weight is 458 g/mol. The van der Waals surface area contributed by atoms with Crippen molar-refractivity contribution in [2.75, 3.05) is 6.54 Å². The zero-order valence-corrected chi connectivity index (χ0v) is 16.2. The highest BCUT2D eigenvalue weighted by atomic mass is 79.9. The molecule has 0 aliphatic carbocycles. The summed E-state index contributed by atoms with van der Waals surface area (Å²) < 4.78 is 2.13. The molecule has 1 atom stereocenters. The highest BCUT2D eigenvalue weighted by molar-refractivity contribution is 9.13. The monoisotopic (exact) mass is 455 g/mol. The molecule has 2 rings (SSSR count). The fourth-order valence-electron chi connectivity index (χ4n) is 1.89. The maximum Gasteiger partial charge on any atom is 0.0843 e. The maximum absolute atomic E-state index is 6.35. The Morgan fingerprint density at radius 3 is 2.60 bits per heavy atom. The Kier molecular flexibility index (Phi) is 6.39. The van der Waals surface area contributed by atoms with E-state index in [-0.39, 0.29) is 6.04 Å². The summed E-state index contributed by atoms with van der Waals surface area (Å²) in [6.45, 7) is 3.06. The summed E-state index contributed by atoms with van der Waals surface area (Å²) in [7, 11) is 0. The van der Waals surface area contributed by atoms with Crippen LogP contribution in [-0.4, -0.2) is 6.54 Å². The summed E-state index contributed by atoms with van der Waals surface area (Å²) >= 11 is 21.2. The van der Waals surface area contributed by atoms with Gasteiger partial charge in [0.2, 0.25) is 0 Å². The minimum Gasteiger partial charge on any atom is -0.306 e. The van der Waals surface area contributed by atoms with E-state index in [0.717, 1.165) is 31.8 Å². The summed E-state index contributed by atoms with van der Waals surface area (Å²) in [5.41, 5.74) is 1.01. The Bertz CT molecular complexity index is 581. The first-order valence-corrected chi connectivity index (χ1v) is 9.31. The molecule has 1 aromatic carbocycles. The third kappa shape index (κ3) is 3.99. The molecule has 0 bridgehead atoms. The third-order valence-corrected chi connectivity index (χ3v) is 6.72. The molecule has 1 unspecified atom stereocenters. The standard InChI is InChI=1S/C14H13Br2Cl2NS/c1-2-5-19-13(12-7-10(15)14(16)20-12)9-6-8(17)3-4-11(9)18/h3-4,6-7,13,19H,2,5H2,1H3. The molecule has 20 heavy (non-hydrogen) atoms. The number of halogens is 4. The van der Waals surface area contributed by atoms with Gasteiger partial charge in [0.1, 0.15) is 0 Å². The van der Waals surface area contributed by atoms with Crippen LogP contribution in [0.5, 0.6) is 0 Å². The van der Waals surface area contributed by atoms with Crippen molar-refractivity contribution >= 4 is 66.4 Å². The lowest BCUT2D eigenvalue weighted by Gasteiger charge is -2.19. The van der Waals surface area contributed by atoms with Crippen molar-refractivity contribution in [1.29, 1.82) is 0 Å². The van der Waals surface area contributed by atoms with E-state index >= 15 is 0 Å². The number of rotatable bonds is 5. The quantitative estimate of drug-likeness (QED) is 0.528. The van der Waals surface area contributed by atoms with Crippen LogP contribution in [-0.2, 0) is 0 Å². The fraction of sp³-hybridized carbons (Fsp3) is 0.286. The Morgan fingerprint density at radius 1 is 1.25 bits per heavy atom. The number of benzene rings is 1. The molecule has 1 heterocycles. The summed E-state index contributed by atoms with van der Waals surface area (Å²) in [6, 6.07) is 7.74. The van der Waals surface area contributed by atoms with Crippen LogP contribution in [0.25, 0.3) is 0 Å². The zero-order chi connectivity index (χ0) is 14.7. The molecule has 2 aromatic rings. The second-order valence-corrected chi connectivity index (χ2v) is 8.42. The van der Waals surface area contributed by atoms with Gasteiger partial charge in [-0.2, -0.15) is 0 Å². The summed E-state index contributed by atoms with van der Waals surface area (Å²) in [5.74, 6) is 0. The van der Waals surface area contributed by atoms with Crippen molar-refractivity contribution in [3.63, 3.8) is 0 Å². The van der Waals surface area contributed by atoms with Crippen molar-refractivity contribution < 1.29 is 0 Å². The van der Waals surface area contributed by atoms with Crippen molar-refractivity contribution in [2.45, 2.75) is 19.4 Å². The van der Waals surface area contributed by atoms with Crippen LogP contribution in [0.4, 0.5) is 0 Å². The first-order chi connectivity index (χ1) is 9.52. The Hall–Kier alpha value is 0.420. The molecule has 0 radical (unpaired) electrons. The van der Waals surface area contributed by atoms with Gasteiger partial charge in [-0.1, -0.05) is 30.1 Å². The van der Waals surface area contributed by atoms with Crippen LogP contribution in [0, 0.1) is 0 Å². The zero-order valence-electron chi connectivity index (χ0n) is 10.7. The highest BCUT2D eigenvalue weighted by Gasteiger charge is 2.20. The first kappa shape index (κ1) is 16.8. The lowest BCUT2D eigenvalue weighted by Crippen LogP contribution is -2.22. The van der Waals surface area contributed by atoms with Gasteiger partial charge in [0.05, 0.1) is 9.83 Å². The van der Waals surface area contributed by atoms with Crippen molar-refractivity contribution in [3.05, 3.63) is 53.0 Å². The molecule has 0 aliphatic rings.